The smallest absolute Gasteiger partial charge is 0.331 e. The van der Waals surface area contributed by atoms with Crippen molar-refractivity contribution in [3.05, 3.63) is 23.3 Å². The van der Waals surface area contributed by atoms with Crippen LogP contribution >= 0.6 is 0 Å². The van der Waals surface area contributed by atoms with E-state index in [2.05, 4.69) is 30.6 Å². The third-order valence-corrected chi connectivity index (χ3v) is 10.9. The largest absolute Gasteiger partial charge is 0.458 e. The van der Waals surface area contributed by atoms with E-state index in [1.165, 1.54) is 37.7 Å². The Morgan fingerprint density at radius 1 is 1.15 bits per heavy atom. The van der Waals surface area contributed by atoms with Crippen LogP contribution in [0.2, 0.25) is 0 Å². The lowest BCUT2D eigenvalue weighted by atomic mass is 9.45. The summed E-state index contributed by atoms with van der Waals surface area (Å²) in [6.07, 6.45) is 13.9. The number of allylic oxidation sites excluding steroid dienone is 2. The molecule has 34 heavy (non-hydrogen) atoms. The summed E-state index contributed by atoms with van der Waals surface area (Å²) in [6.45, 7) is 8.97. The van der Waals surface area contributed by atoms with Gasteiger partial charge >= 0.3 is 12.0 Å². The number of urea groups is 1. The lowest BCUT2D eigenvalue weighted by Gasteiger charge is -2.60. The molecular formula is C28H41N3O3. The van der Waals surface area contributed by atoms with Crippen LogP contribution in [0.3, 0.4) is 0 Å². The predicted octanol–water partition coefficient (Wildman–Crippen LogP) is 4.03. The highest BCUT2D eigenvalue weighted by Crippen LogP contribution is 2.66. The molecule has 0 aromatic heterocycles. The second-order valence-electron chi connectivity index (χ2n) is 12.4. The molecular weight excluding hydrogens is 426 g/mol. The molecule has 186 valence electrons. The first-order chi connectivity index (χ1) is 16.4. The van der Waals surface area contributed by atoms with Gasteiger partial charge in [-0.3, -0.25) is 0 Å². The highest BCUT2D eigenvalue weighted by atomic mass is 16.5. The number of rotatable bonds is 2. The fourth-order valence-corrected chi connectivity index (χ4v) is 9.00. The van der Waals surface area contributed by atoms with Crippen molar-refractivity contribution >= 4 is 12.0 Å². The third kappa shape index (κ3) is 3.54. The third-order valence-electron chi connectivity index (χ3n) is 10.9. The number of carbonyl (C=O) groups is 2. The topological polar surface area (TPSA) is 70.7 Å². The fraction of sp³-hybridized carbons (Fsp3) is 0.786. The van der Waals surface area contributed by atoms with E-state index < -0.39 is 0 Å². The number of amides is 2. The summed E-state index contributed by atoms with van der Waals surface area (Å²) < 4.78 is 5.28. The molecule has 4 fully saturated rings. The molecule has 1 unspecified atom stereocenters. The predicted molar refractivity (Wildman–Crippen MR) is 131 cm³/mol. The van der Waals surface area contributed by atoms with Crippen molar-refractivity contribution in [2.75, 3.05) is 32.8 Å². The first kappa shape index (κ1) is 22.6. The van der Waals surface area contributed by atoms with Crippen molar-refractivity contribution < 1.29 is 14.3 Å². The Hall–Kier alpha value is -1.82. The van der Waals surface area contributed by atoms with Crippen LogP contribution in [-0.2, 0) is 9.53 Å². The molecule has 6 nitrogen and oxygen atoms in total. The van der Waals surface area contributed by atoms with E-state index in [1.807, 2.05) is 4.90 Å². The summed E-state index contributed by atoms with van der Waals surface area (Å²) in [7, 11) is 0. The summed E-state index contributed by atoms with van der Waals surface area (Å²) in [5.41, 5.74) is 3.49. The van der Waals surface area contributed by atoms with Gasteiger partial charge in [-0.05, 0) is 91.4 Å². The molecule has 2 aliphatic heterocycles. The highest BCUT2D eigenvalue weighted by Gasteiger charge is 2.58. The lowest BCUT2D eigenvalue weighted by molar-refractivity contribution is -0.135. The van der Waals surface area contributed by atoms with Gasteiger partial charge in [-0.15, -0.1) is 0 Å². The zero-order valence-electron chi connectivity index (χ0n) is 20.9. The van der Waals surface area contributed by atoms with E-state index in [0.29, 0.717) is 35.8 Å². The standard InChI is InChI=1S/C28H41N3O3/c1-27-9-7-20(30-26(33)31-13-11-29-12-14-31)16-19(27)3-4-21-23-6-5-22(18-15-25(32)34-17-18)28(23,2)10-8-24(21)27/h6,15,19-22,24,29H,3-5,7-14,16-17H2,1-2H3,(H,30,33)/t19-,20?,21+,22-,24+,27+,28-/m1/s1. The Bertz CT molecular complexity index is 922. The van der Waals surface area contributed by atoms with Crippen LogP contribution in [0.1, 0.15) is 65.2 Å². The monoisotopic (exact) mass is 467 g/mol. The molecule has 2 amide bonds. The van der Waals surface area contributed by atoms with Crippen molar-refractivity contribution in [1.82, 2.24) is 15.5 Å². The van der Waals surface area contributed by atoms with E-state index in [9.17, 15) is 9.59 Å². The van der Waals surface area contributed by atoms with Crippen molar-refractivity contribution in [2.24, 2.45) is 34.5 Å². The molecule has 6 heteroatoms. The van der Waals surface area contributed by atoms with Crippen LogP contribution in [0, 0.1) is 34.5 Å². The molecule has 7 atom stereocenters. The molecule has 1 saturated heterocycles. The molecule has 2 N–H and O–H groups in total. The van der Waals surface area contributed by atoms with Gasteiger partial charge in [-0.1, -0.05) is 25.5 Å². The van der Waals surface area contributed by atoms with Crippen molar-refractivity contribution in [2.45, 2.75) is 71.3 Å². The Morgan fingerprint density at radius 3 is 2.74 bits per heavy atom. The fourth-order valence-electron chi connectivity index (χ4n) is 9.00. The maximum Gasteiger partial charge on any atom is 0.331 e. The second-order valence-corrected chi connectivity index (χ2v) is 12.4. The minimum Gasteiger partial charge on any atom is -0.458 e. The number of esters is 1. The van der Waals surface area contributed by atoms with Crippen LogP contribution in [0.5, 0.6) is 0 Å². The Morgan fingerprint density at radius 2 is 1.97 bits per heavy atom. The van der Waals surface area contributed by atoms with Gasteiger partial charge in [-0.2, -0.15) is 0 Å². The zero-order chi connectivity index (χ0) is 23.5. The minimum absolute atomic E-state index is 0.142. The average molecular weight is 468 g/mol. The Kier molecular flexibility index (Phi) is 5.58. The van der Waals surface area contributed by atoms with E-state index in [-0.39, 0.29) is 17.4 Å². The Balaban J connectivity index is 1.14. The number of ether oxygens (including phenoxy) is 1. The first-order valence-electron chi connectivity index (χ1n) is 13.7. The minimum atomic E-state index is -0.158. The number of fused-ring (bicyclic) bond motifs is 5. The molecule has 3 saturated carbocycles. The molecule has 2 heterocycles. The van der Waals surface area contributed by atoms with Gasteiger partial charge < -0.3 is 20.3 Å². The number of hydrogen-bond donors (Lipinski definition) is 2. The number of nitrogens with one attached hydrogen (secondary N) is 2. The van der Waals surface area contributed by atoms with Crippen LogP contribution in [0.4, 0.5) is 4.79 Å². The van der Waals surface area contributed by atoms with Gasteiger partial charge in [0.25, 0.3) is 0 Å². The average Bonchev–Trinajstić information content (AvgIpc) is 3.42. The number of piperazine rings is 1. The molecule has 0 spiro atoms. The second kappa shape index (κ2) is 8.39. The molecule has 6 aliphatic rings. The first-order valence-corrected chi connectivity index (χ1v) is 13.7. The SMILES string of the molecule is C[C@]12CCC(NC(=O)N3CCNCC3)C[C@H]1CC[C@H]1C3=CC[C@H](C4=CC(=O)OC4)[C@@]3(C)CC[C@@H]12. The van der Waals surface area contributed by atoms with Crippen LogP contribution < -0.4 is 10.6 Å². The molecule has 0 aromatic carbocycles. The van der Waals surface area contributed by atoms with Crippen molar-refractivity contribution in [3.63, 3.8) is 0 Å². The van der Waals surface area contributed by atoms with Gasteiger partial charge in [0.05, 0.1) is 0 Å². The molecule has 0 radical (unpaired) electrons. The number of carbonyl (C=O) groups excluding carboxylic acids is 2. The van der Waals surface area contributed by atoms with Gasteiger partial charge in [0, 0.05) is 38.3 Å². The normalized spacial score (nSPS) is 43.8. The number of cyclic esters (lactones) is 1. The Labute approximate surface area is 203 Å². The summed E-state index contributed by atoms with van der Waals surface area (Å²) >= 11 is 0. The van der Waals surface area contributed by atoms with Gasteiger partial charge in [0.2, 0.25) is 0 Å². The van der Waals surface area contributed by atoms with Crippen molar-refractivity contribution in [3.8, 4) is 0 Å². The quantitative estimate of drug-likeness (QED) is 0.475. The number of hydrogen-bond acceptors (Lipinski definition) is 4. The summed E-state index contributed by atoms with van der Waals surface area (Å²) in [6, 6.07) is 0.468. The summed E-state index contributed by atoms with van der Waals surface area (Å²) in [4.78, 5) is 26.5. The maximum atomic E-state index is 12.8. The van der Waals surface area contributed by atoms with Crippen LogP contribution in [0.15, 0.2) is 23.3 Å². The van der Waals surface area contributed by atoms with Gasteiger partial charge in [0.1, 0.15) is 6.61 Å². The zero-order valence-corrected chi connectivity index (χ0v) is 20.9. The summed E-state index contributed by atoms with van der Waals surface area (Å²) in [5, 5.41) is 6.73. The molecule has 4 aliphatic carbocycles. The van der Waals surface area contributed by atoms with Gasteiger partial charge in [-0.25, -0.2) is 9.59 Å². The lowest BCUT2D eigenvalue weighted by Crippen LogP contribution is -2.56. The van der Waals surface area contributed by atoms with Crippen LogP contribution in [0.25, 0.3) is 0 Å². The molecule has 0 bridgehead atoms. The van der Waals surface area contributed by atoms with Gasteiger partial charge in [0.15, 0.2) is 0 Å². The summed E-state index contributed by atoms with van der Waals surface area (Å²) in [5.74, 6) is 2.44. The maximum absolute atomic E-state index is 12.8. The van der Waals surface area contributed by atoms with E-state index in [1.54, 1.807) is 11.6 Å². The van der Waals surface area contributed by atoms with E-state index in [0.717, 1.165) is 51.4 Å². The molecule has 6 rings (SSSR count). The van der Waals surface area contributed by atoms with E-state index >= 15 is 0 Å². The van der Waals surface area contributed by atoms with Crippen molar-refractivity contribution in [1.29, 1.82) is 0 Å². The van der Waals surface area contributed by atoms with Crippen LogP contribution in [-0.4, -0.2) is 55.7 Å². The highest BCUT2D eigenvalue weighted by molar-refractivity contribution is 5.85. The molecule has 0 aromatic rings. The van der Waals surface area contributed by atoms with E-state index in [4.69, 9.17) is 4.74 Å². The number of nitrogens with zero attached hydrogens (tertiary/aromatic N) is 1.